The molecule has 1 amide bonds. The van der Waals surface area contributed by atoms with Gasteiger partial charge in [-0.05, 0) is 31.7 Å². The van der Waals surface area contributed by atoms with Gasteiger partial charge in [0.05, 0.1) is 5.69 Å². The second-order valence-electron chi connectivity index (χ2n) is 5.96. The Morgan fingerprint density at radius 3 is 2.48 bits per heavy atom. The summed E-state index contributed by atoms with van der Waals surface area (Å²) >= 11 is 1.50. The number of nitrogens with zero attached hydrogens (tertiary/aromatic N) is 2. The summed E-state index contributed by atoms with van der Waals surface area (Å²) in [6.07, 6.45) is 4.52. The number of aromatic nitrogens is 1. The minimum Gasteiger partial charge on any atom is -0.341 e. The van der Waals surface area contributed by atoms with Gasteiger partial charge < -0.3 is 4.90 Å². The zero-order chi connectivity index (χ0) is 16.8. The summed E-state index contributed by atoms with van der Waals surface area (Å²) in [7, 11) is 1.85. The lowest BCUT2D eigenvalue weighted by Gasteiger charge is -2.14. The Kier molecular flexibility index (Phi) is 6.34. The van der Waals surface area contributed by atoms with Crippen LogP contribution in [0.2, 0.25) is 0 Å². The van der Waals surface area contributed by atoms with E-state index in [9.17, 15) is 4.79 Å². The van der Waals surface area contributed by atoms with Gasteiger partial charge in [0.25, 0.3) is 5.91 Å². The number of rotatable bonds is 7. The molecule has 2 rings (SSSR count). The average molecular weight is 330 g/mol. The van der Waals surface area contributed by atoms with E-state index in [4.69, 9.17) is 0 Å². The van der Waals surface area contributed by atoms with E-state index in [0.29, 0.717) is 0 Å². The van der Waals surface area contributed by atoms with Gasteiger partial charge in [-0.3, -0.25) is 4.79 Å². The first-order chi connectivity index (χ1) is 11.1. The maximum atomic E-state index is 12.5. The van der Waals surface area contributed by atoms with E-state index in [-0.39, 0.29) is 5.91 Å². The van der Waals surface area contributed by atoms with Crippen molar-refractivity contribution in [3.63, 3.8) is 0 Å². The van der Waals surface area contributed by atoms with Gasteiger partial charge in [0, 0.05) is 19.2 Å². The molecule has 0 N–H and O–H groups in total. The fraction of sp³-hybridized carbons (Fsp3) is 0.474. The summed E-state index contributed by atoms with van der Waals surface area (Å²) in [5, 5.41) is 0.929. The van der Waals surface area contributed by atoms with Crippen molar-refractivity contribution in [1.82, 2.24) is 9.88 Å². The van der Waals surface area contributed by atoms with Crippen LogP contribution in [0.25, 0.3) is 10.6 Å². The van der Waals surface area contributed by atoms with Crippen molar-refractivity contribution in [3.8, 4) is 10.6 Å². The fourth-order valence-corrected chi connectivity index (χ4v) is 3.59. The first kappa shape index (κ1) is 17.7. The fourth-order valence-electron chi connectivity index (χ4n) is 2.52. The Labute approximate surface area is 143 Å². The molecule has 0 aliphatic rings. The van der Waals surface area contributed by atoms with Gasteiger partial charge in [0.15, 0.2) is 0 Å². The van der Waals surface area contributed by atoms with Crippen LogP contribution in [-0.2, 0) is 6.42 Å². The Morgan fingerprint density at radius 1 is 1.17 bits per heavy atom. The van der Waals surface area contributed by atoms with Crippen LogP contribution in [0.3, 0.4) is 0 Å². The molecule has 0 saturated heterocycles. The van der Waals surface area contributed by atoms with Gasteiger partial charge in [-0.1, -0.05) is 44.5 Å². The van der Waals surface area contributed by atoms with Crippen molar-refractivity contribution in [2.24, 2.45) is 0 Å². The van der Waals surface area contributed by atoms with E-state index >= 15 is 0 Å². The summed E-state index contributed by atoms with van der Waals surface area (Å²) in [6, 6.07) is 8.58. The summed E-state index contributed by atoms with van der Waals surface area (Å²) < 4.78 is 0. The van der Waals surface area contributed by atoms with Crippen molar-refractivity contribution >= 4 is 17.2 Å². The zero-order valence-electron chi connectivity index (χ0n) is 14.6. The third kappa shape index (κ3) is 4.41. The minimum absolute atomic E-state index is 0.0765. The van der Waals surface area contributed by atoms with Gasteiger partial charge in [0.2, 0.25) is 0 Å². The van der Waals surface area contributed by atoms with Gasteiger partial charge in [-0.2, -0.15) is 0 Å². The number of amides is 1. The second-order valence-corrected chi connectivity index (χ2v) is 6.96. The van der Waals surface area contributed by atoms with Crippen LogP contribution < -0.4 is 0 Å². The molecular formula is C19H26N2OS. The zero-order valence-corrected chi connectivity index (χ0v) is 15.4. The van der Waals surface area contributed by atoms with Crippen LogP contribution in [0, 0.1) is 6.92 Å². The van der Waals surface area contributed by atoms with E-state index < -0.39 is 0 Å². The number of carbonyl (C=O) groups is 1. The molecule has 124 valence electrons. The number of benzene rings is 1. The predicted octanol–water partition coefficient (Wildman–Crippen LogP) is 4.94. The Morgan fingerprint density at radius 2 is 1.87 bits per heavy atom. The third-order valence-electron chi connectivity index (χ3n) is 3.92. The Bertz CT molecular complexity index is 646. The Hall–Kier alpha value is -1.68. The SMILES string of the molecule is CCCCc1ccc(-c2nc(C)c(C(=O)N(C)CCC)s2)cc1. The quantitative estimate of drug-likeness (QED) is 0.720. The monoisotopic (exact) mass is 330 g/mol. The molecule has 4 heteroatoms. The van der Waals surface area contributed by atoms with Crippen LogP contribution in [0.4, 0.5) is 0 Å². The minimum atomic E-state index is 0.0765. The standard InChI is InChI=1S/C19H26N2OS/c1-5-7-8-15-9-11-16(12-10-15)18-20-14(3)17(23-18)19(22)21(4)13-6-2/h9-12H,5-8,13H2,1-4H3. The Balaban J connectivity index is 2.18. The number of aryl methyl sites for hydroxylation is 2. The van der Waals surface area contributed by atoms with Crippen molar-refractivity contribution in [1.29, 1.82) is 0 Å². The maximum Gasteiger partial charge on any atom is 0.265 e. The molecule has 1 heterocycles. The molecule has 23 heavy (non-hydrogen) atoms. The molecular weight excluding hydrogens is 304 g/mol. The molecule has 0 aliphatic carbocycles. The van der Waals surface area contributed by atoms with E-state index in [1.165, 1.54) is 29.7 Å². The number of unbranched alkanes of at least 4 members (excludes halogenated alkanes) is 1. The van der Waals surface area contributed by atoms with Gasteiger partial charge in [-0.25, -0.2) is 4.98 Å². The molecule has 0 fully saturated rings. The highest BCUT2D eigenvalue weighted by molar-refractivity contribution is 7.17. The largest absolute Gasteiger partial charge is 0.341 e. The van der Waals surface area contributed by atoms with Gasteiger partial charge in [-0.15, -0.1) is 11.3 Å². The van der Waals surface area contributed by atoms with Crippen LogP contribution in [0.15, 0.2) is 24.3 Å². The average Bonchev–Trinajstić information content (AvgIpc) is 2.94. The van der Waals surface area contributed by atoms with E-state index in [2.05, 4.69) is 43.1 Å². The molecule has 0 atom stereocenters. The highest BCUT2D eigenvalue weighted by atomic mass is 32.1. The van der Waals surface area contributed by atoms with Crippen LogP contribution in [-0.4, -0.2) is 29.4 Å². The molecule has 1 aromatic heterocycles. The van der Waals surface area contributed by atoms with Crippen molar-refractivity contribution in [3.05, 3.63) is 40.4 Å². The number of hydrogen-bond acceptors (Lipinski definition) is 3. The normalized spacial score (nSPS) is 10.8. The molecule has 2 aromatic rings. The number of thiazole rings is 1. The molecule has 1 aromatic carbocycles. The van der Waals surface area contributed by atoms with Gasteiger partial charge >= 0.3 is 0 Å². The van der Waals surface area contributed by atoms with E-state index in [0.717, 1.165) is 40.5 Å². The second kappa shape index (κ2) is 8.25. The lowest BCUT2D eigenvalue weighted by Crippen LogP contribution is -2.27. The first-order valence-electron chi connectivity index (χ1n) is 8.39. The topological polar surface area (TPSA) is 33.2 Å². The third-order valence-corrected chi connectivity index (χ3v) is 5.11. The summed E-state index contributed by atoms with van der Waals surface area (Å²) in [4.78, 5) is 19.6. The molecule has 0 aliphatic heterocycles. The maximum absolute atomic E-state index is 12.5. The van der Waals surface area contributed by atoms with Crippen LogP contribution in [0.5, 0.6) is 0 Å². The number of carbonyl (C=O) groups excluding carboxylic acids is 1. The van der Waals surface area contributed by atoms with E-state index in [1.54, 1.807) is 4.90 Å². The van der Waals surface area contributed by atoms with Crippen LogP contribution in [0.1, 0.15) is 54.0 Å². The number of hydrogen-bond donors (Lipinski definition) is 0. The lowest BCUT2D eigenvalue weighted by molar-refractivity contribution is 0.0799. The lowest BCUT2D eigenvalue weighted by atomic mass is 10.1. The first-order valence-corrected chi connectivity index (χ1v) is 9.20. The molecule has 3 nitrogen and oxygen atoms in total. The summed E-state index contributed by atoms with van der Waals surface area (Å²) in [5.41, 5.74) is 3.28. The van der Waals surface area contributed by atoms with Gasteiger partial charge in [0.1, 0.15) is 9.88 Å². The smallest absolute Gasteiger partial charge is 0.265 e. The van der Waals surface area contributed by atoms with Crippen molar-refractivity contribution in [2.45, 2.75) is 46.5 Å². The van der Waals surface area contributed by atoms with Crippen LogP contribution >= 0.6 is 11.3 Å². The highest BCUT2D eigenvalue weighted by Crippen LogP contribution is 2.29. The molecule has 0 bridgehead atoms. The molecule has 0 spiro atoms. The molecule has 0 unspecified atom stereocenters. The summed E-state index contributed by atoms with van der Waals surface area (Å²) in [5.74, 6) is 0.0765. The molecule has 0 radical (unpaired) electrons. The molecule has 0 saturated carbocycles. The highest BCUT2D eigenvalue weighted by Gasteiger charge is 2.19. The predicted molar refractivity (Wildman–Crippen MR) is 98.2 cm³/mol. The van der Waals surface area contributed by atoms with Crippen molar-refractivity contribution < 1.29 is 4.79 Å². The van der Waals surface area contributed by atoms with E-state index in [1.807, 2.05) is 14.0 Å². The summed E-state index contributed by atoms with van der Waals surface area (Å²) in [6.45, 7) is 6.98. The van der Waals surface area contributed by atoms with Crippen molar-refractivity contribution in [2.75, 3.05) is 13.6 Å².